The summed E-state index contributed by atoms with van der Waals surface area (Å²) in [5.41, 5.74) is 0.294. The number of hydrogen-bond donors (Lipinski definition) is 2. The second-order valence-corrected chi connectivity index (χ2v) is 6.19. The van der Waals surface area contributed by atoms with Crippen LogP contribution in [0.15, 0.2) is 18.2 Å². The zero-order valence-corrected chi connectivity index (χ0v) is 14.9. The average molecular weight is 341 g/mol. The van der Waals surface area contributed by atoms with E-state index in [1.807, 2.05) is 6.07 Å². The van der Waals surface area contributed by atoms with E-state index >= 15 is 0 Å². The fraction of sp³-hybridized carbons (Fsp3) is 0.588. The predicted molar refractivity (Wildman–Crippen MR) is 89.4 cm³/mol. The highest BCUT2D eigenvalue weighted by molar-refractivity contribution is 5.67. The molecular formula is C17H27NO6. The second kappa shape index (κ2) is 9.34. The Kier molecular flexibility index (Phi) is 7.81. The molecule has 7 heteroatoms. The van der Waals surface area contributed by atoms with E-state index in [4.69, 9.17) is 18.9 Å². The Balaban J connectivity index is 2.50. The van der Waals surface area contributed by atoms with Crippen molar-refractivity contribution in [3.05, 3.63) is 23.8 Å². The number of methoxy groups -OCH3 is 2. The summed E-state index contributed by atoms with van der Waals surface area (Å²) < 4.78 is 21.2. The number of alkyl carbamates (subject to hydrolysis) is 1. The first kappa shape index (κ1) is 20.1. The average Bonchev–Trinajstić information content (AvgIpc) is 2.53. The number of aliphatic hydroxyl groups is 1. The van der Waals surface area contributed by atoms with Gasteiger partial charge in [0.2, 0.25) is 0 Å². The van der Waals surface area contributed by atoms with Gasteiger partial charge >= 0.3 is 6.09 Å². The third-order valence-corrected chi connectivity index (χ3v) is 3.01. The van der Waals surface area contributed by atoms with Crippen LogP contribution >= 0.6 is 0 Å². The summed E-state index contributed by atoms with van der Waals surface area (Å²) in [5, 5.41) is 11.9. The van der Waals surface area contributed by atoms with Crippen molar-refractivity contribution in [1.82, 2.24) is 5.32 Å². The third kappa shape index (κ3) is 7.06. The van der Waals surface area contributed by atoms with Gasteiger partial charge < -0.3 is 29.4 Å². The van der Waals surface area contributed by atoms with Crippen LogP contribution in [0.5, 0.6) is 11.5 Å². The number of nitrogens with one attached hydrogen (secondary N) is 1. The Morgan fingerprint density at radius 3 is 2.42 bits per heavy atom. The molecule has 136 valence electrons. The molecule has 1 amide bonds. The van der Waals surface area contributed by atoms with Gasteiger partial charge in [0.1, 0.15) is 5.60 Å². The van der Waals surface area contributed by atoms with Gasteiger partial charge in [0.05, 0.1) is 33.5 Å². The van der Waals surface area contributed by atoms with Gasteiger partial charge in [-0.15, -0.1) is 0 Å². The fourth-order valence-corrected chi connectivity index (χ4v) is 1.87. The van der Waals surface area contributed by atoms with Crippen LogP contribution in [0.1, 0.15) is 26.3 Å². The Bertz CT molecular complexity index is 526. The SMILES string of the molecule is COc1ccc(CO[C@H](CO)CNC(=O)OC(C)(C)C)cc1OC. The summed E-state index contributed by atoms with van der Waals surface area (Å²) >= 11 is 0. The summed E-state index contributed by atoms with van der Waals surface area (Å²) in [6, 6.07) is 5.43. The molecule has 0 aliphatic rings. The quantitative estimate of drug-likeness (QED) is 0.753. The van der Waals surface area contributed by atoms with E-state index in [1.54, 1.807) is 47.1 Å². The lowest BCUT2D eigenvalue weighted by atomic mass is 10.2. The Labute approximate surface area is 142 Å². The summed E-state index contributed by atoms with van der Waals surface area (Å²) in [6.45, 7) is 5.54. The van der Waals surface area contributed by atoms with Crippen molar-refractivity contribution in [2.75, 3.05) is 27.4 Å². The van der Waals surface area contributed by atoms with Crippen LogP contribution in [0.25, 0.3) is 0 Å². The van der Waals surface area contributed by atoms with E-state index in [0.717, 1.165) is 5.56 Å². The number of carbonyl (C=O) groups excluding carboxylic acids is 1. The van der Waals surface area contributed by atoms with E-state index in [2.05, 4.69) is 5.32 Å². The van der Waals surface area contributed by atoms with Gasteiger partial charge in [-0.25, -0.2) is 4.79 Å². The van der Waals surface area contributed by atoms with Crippen LogP contribution in [0.3, 0.4) is 0 Å². The lowest BCUT2D eigenvalue weighted by molar-refractivity contribution is -0.000438. The van der Waals surface area contributed by atoms with Crippen molar-refractivity contribution < 1.29 is 28.8 Å². The van der Waals surface area contributed by atoms with Crippen molar-refractivity contribution in [3.8, 4) is 11.5 Å². The monoisotopic (exact) mass is 341 g/mol. The maximum atomic E-state index is 11.6. The molecule has 0 radical (unpaired) electrons. The molecule has 0 aliphatic carbocycles. The van der Waals surface area contributed by atoms with Gasteiger partial charge in [-0.1, -0.05) is 6.07 Å². The van der Waals surface area contributed by atoms with Crippen molar-refractivity contribution in [2.24, 2.45) is 0 Å². The molecule has 0 saturated heterocycles. The first-order valence-corrected chi connectivity index (χ1v) is 7.69. The van der Waals surface area contributed by atoms with Crippen LogP contribution in [0.4, 0.5) is 4.79 Å². The molecule has 1 aromatic carbocycles. The van der Waals surface area contributed by atoms with Crippen molar-refractivity contribution in [3.63, 3.8) is 0 Å². The number of amides is 1. The normalized spacial score (nSPS) is 12.4. The molecule has 7 nitrogen and oxygen atoms in total. The zero-order valence-electron chi connectivity index (χ0n) is 14.9. The first-order valence-electron chi connectivity index (χ1n) is 7.69. The van der Waals surface area contributed by atoms with Crippen molar-refractivity contribution in [1.29, 1.82) is 0 Å². The first-order chi connectivity index (χ1) is 11.3. The largest absolute Gasteiger partial charge is 0.493 e. The molecule has 0 aromatic heterocycles. The highest BCUT2D eigenvalue weighted by atomic mass is 16.6. The van der Waals surface area contributed by atoms with Gasteiger partial charge in [-0.3, -0.25) is 0 Å². The van der Waals surface area contributed by atoms with Crippen LogP contribution in [0.2, 0.25) is 0 Å². The smallest absolute Gasteiger partial charge is 0.407 e. The van der Waals surface area contributed by atoms with Crippen LogP contribution in [0, 0.1) is 0 Å². The molecule has 0 spiro atoms. The minimum atomic E-state index is -0.570. The highest BCUT2D eigenvalue weighted by Crippen LogP contribution is 2.27. The summed E-state index contributed by atoms with van der Waals surface area (Å²) in [4.78, 5) is 11.6. The number of aliphatic hydroxyl groups excluding tert-OH is 1. The van der Waals surface area contributed by atoms with Gasteiger partial charge in [0.15, 0.2) is 11.5 Å². The van der Waals surface area contributed by atoms with E-state index in [1.165, 1.54) is 0 Å². The molecule has 1 rings (SSSR count). The molecule has 0 saturated carbocycles. The molecule has 0 heterocycles. The maximum absolute atomic E-state index is 11.6. The number of rotatable bonds is 8. The molecule has 24 heavy (non-hydrogen) atoms. The number of ether oxygens (including phenoxy) is 4. The molecular weight excluding hydrogens is 314 g/mol. The highest BCUT2D eigenvalue weighted by Gasteiger charge is 2.17. The molecule has 0 fully saturated rings. The molecule has 1 aromatic rings. The second-order valence-electron chi connectivity index (χ2n) is 6.19. The molecule has 0 unspecified atom stereocenters. The van der Waals surface area contributed by atoms with Gasteiger partial charge in [-0.2, -0.15) is 0 Å². The van der Waals surface area contributed by atoms with E-state index < -0.39 is 17.8 Å². The Morgan fingerprint density at radius 1 is 1.21 bits per heavy atom. The number of benzene rings is 1. The Morgan fingerprint density at radius 2 is 1.88 bits per heavy atom. The number of carbonyl (C=O) groups is 1. The van der Waals surface area contributed by atoms with Crippen LogP contribution < -0.4 is 14.8 Å². The summed E-state index contributed by atoms with van der Waals surface area (Å²) in [6.07, 6.45) is -1.08. The maximum Gasteiger partial charge on any atom is 0.407 e. The van der Waals surface area contributed by atoms with Crippen LogP contribution in [-0.2, 0) is 16.1 Å². The molecule has 0 aliphatic heterocycles. The zero-order chi connectivity index (χ0) is 18.2. The predicted octanol–water partition coefficient (Wildman–Crippen LogP) is 2.11. The molecule has 2 N–H and O–H groups in total. The standard InChI is InChI=1S/C17H27NO6/c1-17(2,3)24-16(20)18-9-13(10-19)23-11-12-6-7-14(21-4)15(8-12)22-5/h6-8,13,19H,9-11H2,1-5H3,(H,18,20)/t13-/m0/s1. The summed E-state index contributed by atoms with van der Waals surface area (Å²) in [5.74, 6) is 1.23. The minimum absolute atomic E-state index is 0.151. The van der Waals surface area contributed by atoms with E-state index in [0.29, 0.717) is 11.5 Å². The van der Waals surface area contributed by atoms with Crippen molar-refractivity contribution in [2.45, 2.75) is 39.1 Å². The van der Waals surface area contributed by atoms with E-state index in [-0.39, 0.29) is 19.8 Å². The topological polar surface area (TPSA) is 86.2 Å². The van der Waals surface area contributed by atoms with Gasteiger partial charge in [0, 0.05) is 6.54 Å². The minimum Gasteiger partial charge on any atom is -0.493 e. The number of hydrogen-bond acceptors (Lipinski definition) is 6. The van der Waals surface area contributed by atoms with Gasteiger partial charge in [-0.05, 0) is 38.5 Å². The third-order valence-electron chi connectivity index (χ3n) is 3.01. The van der Waals surface area contributed by atoms with Crippen LogP contribution in [-0.4, -0.2) is 50.3 Å². The molecule has 0 bridgehead atoms. The molecule has 1 atom stereocenters. The van der Waals surface area contributed by atoms with Crippen molar-refractivity contribution >= 4 is 6.09 Å². The lowest BCUT2D eigenvalue weighted by Gasteiger charge is -2.21. The van der Waals surface area contributed by atoms with Gasteiger partial charge in [0.25, 0.3) is 0 Å². The van der Waals surface area contributed by atoms with E-state index in [9.17, 15) is 9.90 Å². The fourth-order valence-electron chi connectivity index (χ4n) is 1.87. The Hall–Kier alpha value is -1.99. The lowest BCUT2D eigenvalue weighted by Crippen LogP contribution is -2.39. The summed E-state index contributed by atoms with van der Waals surface area (Å²) in [7, 11) is 3.13.